The fourth-order valence-electron chi connectivity index (χ4n) is 4.16. The van der Waals surface area contributed by atoms with Crippen LogP contribution in [0.3, 0.4) is 0 Å². The summed E-state index contributed by atoms with van der Waals surface area (Å²) in [4.78, 5) is 38.0. The van der Waals surface area contributed by atoms with E-state index in [1.54, 1.807) is 30.3 Å². The van der Waals surface area contributed by atoms with Crippen molar-refractivity contribution >= 4 is 38.6 Å². The van der Waals surface area contributed by atoms with Crippen LogP contribution in [0.4, 0.5) is 0 Å². The van der Waals surface area contributed by atoms with Gasteiger partial charge in [0.25, 0.3) is 10.0 Å². The highest BCUT2D eigenvalue weighted by Gasteiger charge is 2.20. The third-order valence-electron chi connectivity index (χ3n) is 5.88. The van der Waals surface area contributed by atoms with E-state index in [1.807, 2.05) is 48.0 Å². The average Bonchev–Trinajstić information content (AvgIpc) is 2.90. The van der Waals surface area contributed by atoms with Crippen LogP contribution in [0.2, 0.25) is 5.15 Å². The number of aromatic nitrogens is 3. The molecule has 5 rings (SSSR count). The van der Waals surface area contributed by atoms with E-state index in [4.69, 9.17) is 16.6 Å². The molecule has 0 aliphatic heterocycles. The first kappa shape index (κ1) is 25.3. The predicted octanol–water partition coefficient (Wildman–Crippen LogP) is 4.66. The number of aryl methyl sites for hydroxylation is 1. The second-order valence-electron chi connectivity index (χ2n) is 8.63. The molecule has 3 aromatic heterocycles. The van der Waals surface area contributed by atoms with Crippen LogP contribution >= 0.6 is 11.6 Å². The fraction of sp³-hybridized carbons (Fsp3) is 0.0714. The molecule has 0 spiro atoms. The molecule has 0 atom stereocenters. The minimum atomic E-state index is -4.06. The van der Waals surface area contributed by atoms with Crippen LogP contribution in [-0.2, 0) is 21.2 Å². The van der Waals surface area contributed by atoms with E-state index in [1.165, 1.54) is 18.3 Å². The topological polar surface area (TPSA) is 122 Å². The largest absolute Gasteiger partial charge is 0.346 e. The molecule has 8 nitrogen and oxygen atoms in total. The number of hydrogen-bond acceptors (Lipinski definition) is 6. The van der Waals surface area contributed by atoms with Gasteiger partial charge in [-0.15, -0.1) is 0 Å². The molecule has 0 aliphatic carbocycles. The maximum absolute atomic E-state index is 13.4. The van der Waals surface area contributed by atoms with Gasteiger partial charge < -0.3 is 4.98 Å². The van der Waals surface area contributed by atoms with E-state index in [9.17, 15) is 18.0 Å². The quantitative estimate of drug-likeness (QED) is 0.300. The molecule has 0 unspecified atom stereocenters. The lowest BCUT2D eigenvalue weighted by Crippen LogP contribution is -2.33. The van der Waals surface area contributed by atoms with Gasteiger partial charge in [0.2, 0.25) is 5.91 Å². The summed E-state index contributed by atoms with van der Waals surface area (Å²) in [6, 6.07) is 22.3. The van der Waals surface area contributed by atoms with Gasteiger partial charge in [-0.2, -0.15) is 0 Å². The number of amides is 1. The molecule has 0 saturated heterocycles. The first-order valence-electron chi connectivity index (χ1n) is 11.6. The lowest BCUT2D eigenvalue weighted by Gasteiger charge is -2.13. The second kappa shape index (κ2) is 10.2. The summed E-state index contributed by atoms with van der Waals surface area (Å²) < 4.78 is 27.1. The Balaban J connectivity index is 1.57. The molecule has 0 aliphatic rings. The number of aromatic amines is 1. The zero-order valence-electron chi connectivity index (χ0n) is 20.1. The number of H-pyrrole nitrogens is 1. The van der Waals surface area contributed by atoms with Crippen molar-refractivity contribution in [2.24, 2.45) is 0 Å². The number of carbonyl (C=O) groups excluding carboxylic acids is 1. The number of fused-ring (bicyclic) bond motifs is 1. The van der Waals surface area contributed by atoms with E-state index in [0.717, 1.165) is 11.1 Å². The van der Waals surface area contributed by atoms with Gasteiger partial charge in [-0.3, -0.25) is 9.59 Å². The molecule has 190 valence electrons. The zero-order valence-corrected chi connectivity index (χ0v) is 21.7. The van der Waals surface area contributed by atoms with Crippen molar-refractivity contribution in [2.75, 3.05) is 0 Å². The van der Waals surface area contributed by atoms with Gasteiger partial charge in [0.1, 0.15) is 10.8 Å². The Morgan fingerprint density at radius 1 is 0.947 bits per heavy atom. The van der Waals surface area contributed by atoms with Crippen LogP contribution in [0.5, 0.6) is 0 Å². The van der Waals surface area contributed by atoms with Gasteiger partial charge in [-0.1, -0.05) is 60.1 Å². The summed E-state index contributed by atoms with van der Waals surface area (Å²) in [5.41, 5.74) is 3.56. The van der Waals surface area contributed by atoms with Gasteiger partial charge in [-0.05, 0) is 42.8 Å². The van der Waals surface area contributed by atoms with E-state index >= 15 is 0 Å². The zero-order chi connectivity index (χ0) is 26.9. The van der Waals surface area contributed by atoms with Crippen LogP contribution in [0.15, 0.2) is 94.7 Å². The summed E-state index contributed by atoms with van der Waals surface area (Å²) in [6.07, 6.45) is 0.946. The Hall–Kier alpha value is -4.34. The van der Waals surface area contributed by atoms with Crippen LogP contribution < -0.4 is 10.2 Å². The summed E-state index contributed by atoms with van der Waals surface area (Å²) in [5.74, 6) is -0.829. The van der Waals surface area contributed by atoms with Crippen molar-refractivity contribution < 1.29 is 13.2 Å². The van der Waals surface area contributed by atoms with E-state index in [2.05, 4.69) is 9.97 Å². The molecule has 5 aromatic rings. The summed E-state index contributed by atoms with van der Waals surface area (Å²) in [6.45, 7) is 1.82. The summed E-state index contributed by atoms with van der Waals surface area (Å²) >= 11 is 6.23. The molecule has 1 amide bonds. The van der Waals surface area contributed by atoms with Crippen molar-refractivity contribution in [3.05, 3.63) is 112 Å². The first-order valence-corrected chi connectivity index (χ1v) is 13.4. The molecule has 0 bridgehead atoms. The number of halogens is 1. The monoisotopic (exact) mass is 544 g/mol. The maximum Gasteiger partial charge on any atom is 0.264 e. The Kier molecular flexibility index (Phi) is 6.79. The third-order valence-corrected chi connectivity index (χ3v) is 7.46. The van der Waals surface area contributed by atoms with Crippen molar-refractivity contribution in [3.63, 3.8) is 0 Å². The molecule has 0 radical (unpaired) electrons. The SMILES string of the molecule is Cc1cc(-c2cc3c(=O)c(CC(=O)NS(=O)(=O)c4ccccc4)c[nH]c3nc2-c2ccccc2)cc(Cl)n1. The molecule has 10 heteroatoms. The molecule has 0 fully saturated rings. The Morgan fingerprint density at radius 3 is 2.32 bits per heavy atom. The highest BCUT2D eigenvalue weighted by Crippen LogP contribution is 2.33. The number of nitrogens with zero attached hydrogens (tertiary/aromatic N) is 2. The highest BCUT2D eigenvalue weighted by atomic mass is 35.5. The predicted molar refractivity (Wildman–Crippen MR) is 146 cm³/mol. The number of hydrogen-bond donors (Lipinski definition) is 2. The lowest BCUT2D eigenvalue weighted by atomic mass is 9.97. The van der Waals surface area contributed by atoms with Gasteiger partial charge in [0, 0.05) is 28.6 Å². The van der Waals surface area contributed by atoms with Gasteiger partial charge in [0.05, 0.1) is 22.4 Å². The van der Waals surface area contributed by atoms with Gasteiger partial charge in [-0.25, -0.2) is 23.1 Å². The second-order valence-corrected chi connectivity index (χ2v) is 10.7. The lowest BCUT2D eigenvalue weighted by molar-refractivity contribution is -0.118. The van der Waals surface area contributed by atoms with Crippen molar-refractivity contribution in [1.82, 2.24) is 19.7 Å². The number of rotatable bonds is 6. The van der Waals surface area contributed by atoms with Crippen LogP contribution in [0, 0.1) is 6.92 Å². The molecular formula is C28H21ClN4O4S. The number of sulfonamides is 1. The molecule has 38 heavy (non-hydrogen) atoms. The van der Waals surface area contributed by atoms with E-state index in [0.29, 0.717) is 27.8 Å². The van der Waals surface area contributed by atoms with Crippen molar-refractivity contribution in [3.8, 4) is 22.4 Å². The molecule has 3 heterocycles. The average molecular weight is 545 g/mol. The summed E-state index contributed by atoms with van der Waals surface area (Å²) in [5, 5.41) is 0.555. The number of nitrogens with one attached hydrogen (secondary N) is 2. The minimum absolute atomic E-state index is 0.0469. The Labute approximate surface area is 223 Å². The molecule has 0 saturated carbocycles. The smallest absolute Gasteiger partial charge is 0.264 e. The van der Waals surface area contributed by atoms with Gasteiger partial charge >= 0.3 is 0 Å². The van der Waals surface area contributed by atoms with Crippen LogP contribution in [0.1, 0.15) is 11.3 Å². The maximum atomic E-state index is 13.4. The Bertz CT molecular complexity index is 1820. The number of carbonyl (C=O) groups is 1. The normalized spacial score (nSPS) is 11.4. The fourth-order valence-corrected chi connectivity index (χ4v) is 5.41. The third kappa shape index (κ3) is 5.20. The minimum Gasteiger partial charge on any atom is -0.346 e. The molecule has 2 N–H and O–H groups in total. The number of benzene rings is 2. The van der Waals surface area contributed by atoms with Crippen molar-refractivity contribution in [1.29, 1.82) is 0 Å². The first-order chi connectivity index (χ1) is 18.2. The number of pyridine rings is 3. The van der Waals surface area contributed by atoms with Crippen molar-refractivity contribution in [2.45, 2.75) is 18.2 Å². The Morgan fingerprint density at radius 2 is 1.63 bits per heavy atom. The van der Waals surface area contributed by atoms with Crippen LogP contribution in [0.25, 0.3) is 33.4 Å². The molecule has 2 aromatic carbocycles. The van der Waals surface area contributed by atoms with E-state index < -0.39 is 27.8 Å². The highest BCUT2D eigenvalue weighted by molar-refractivity contribution is 7.90. The van der Waals surface area contributed by atoms with Gasteiger partial charge in [0.15, 0.2) is 5.43 Å². The summed E-state index contributed by atoms with van der Waals surface area (Å²) in [7, 11) is -4.06. The molecular weight excluding hydrogens is 524 g/mol. The van der Waals surface area contributed by atoms with E-state index in [-0.39, 0.29) is 15.8 Å². The van der Waals surface area contributed by atoms with Crippen LogP contribution in [-0.4, -0.2) is 29.3 Å². The standard InChI is InChI=1S/C28H21ClN4O4S/c1-17-12-19(13-24(29)31-17)22-15-23-27(35)20(14-25(34)33-38(36,37)21-10-6-3-7-11-21)16-30-28(23)32-26(22)18-8-4-2-5-9-18/h2-13,15-16H,14H2,1H3,(H,33,34)(H,30,32,35).